The maximum Gasteiger partial charge on any atom is 0.251 e. The fourth-order valence-electron chi connectivity index (χ4n) is 2.75. The van der Waals surface area contributed by atoms with Crippen molar-refractivity contribution in [2.75, 3.05) is 24.8 Å². The second-order valence-electron chi connectivity index (χ2n) is 5.59. The number of ether oxygens (including phenoxy) is 2. The minimum Gasteiger partial charge on any atom is -0.454 e. The van der Waals surface area contributed by atoms with Gasteiger partial charge in [-0.05, 0) is 55.8 Å². The molecule has 0 saturated carbocycles. The number of fused-ring (bicyclic) bond motifs is 1. The van der Waals surface area contributed by atoms with Crippen molar-refractivity contribution in [1.29, 1.82) is 0 Å². The monoisotopic (exact) mass is 326 g/mol. The van der Waals surface area contributed by atoms with Gasteiger partial charge in [0, 0.05) is 30.9 Å². The third-order valence-electron chi connectivity index (χ3n) is 4.15. The summed E-state index contributed by atoms with van der Waals surface area (Å²) in [5.74, 6) is 1.39. The summed E-state index contributed by atoms with van der Waals surface area (Å²) in [5, 5.41) is 2.93. The van der Waals surface area contributed by atoms with E-state index in [1.54, 1.807) is 0 Å². The van der Waals surface area contributed by atoms with E-state index in [2.05, 4.69) is 24.1 Å². The molecule has 1 aliphatic rings. The van der Waals surface area contributed by atoms with Crippen LogP contribution in [0.3, 0.4) is 0 Å². The summed E-state index contributed by atoms with van der Waals surface area (Å²) < 4.78 is 10.6. The molecular formula is C19H22N2O3. The molecule has 0 bridgehead atoms. The van der Waals surface area contributed by atoms with Crippen LogP contribution in [0.25, 0.3) is 0 Å². The molecule has 5 nitrogen and oxygen atoms in total. The van der Waals surface area contributed by atoms with Gasteiger partial charge in [0.05, 0.1) is 0 Å². The summed E-state index contributed by atoms with van der Waals surface area (Å²) in [6.45, 7) is 6.85. The standard InChI is InChI=1S/C19H22N2O3/c1-3-21(4-2)16-8-6-15(7-9-16)19(22)20-12-14-5-10-17-18(11-14)24-13-23-17/h5-11H,3-4,12-13H2,1-2H3,(H,20,22). The number of rotatable bonds is 6. The van der Waals surface area contributed by atoms with E-state index in [4.69, 9.17) is 9.47 Å². The molecule has 1 heterocycles. The lowest BCUT2D eigenvalue weighted by Crippen LogP contribution is -2.24. The zero-order valence-corrected chi connectivity index (χ0v) is 14.0. The Kier molecular flexibility index (Phi) is 4.89. The third kappa shape index (κ3) is 3.45. The number of amides is 1. The first-order valence-electron chi connectivity index (χ1n) is 8.23. The van der Waals surface area contributed by atoms with Crippen molar-refractivity contribution in [3.8, 4) is 11.5 Å². The molecule has 0 fully saturated rings. The van der Waals surface area contributed by atoms with Gasteiger partial charge in [-0.25, -0.2) is 0 Å². The van der Waals surface area contributed by atoms with Crippen molar-refractivity contribution >= 4 is 11.6 Å². The molecule has 0 aromatic heterocycles. The van der Waals surface area contributed by atoms with Crippen molar-refractivity contribution in [3.05, 3.63) is 53.6 Å². The van der Waals surface area contributed by atoms with Crippen molar-refractivity contribution in [2.24, 2.45) is 0 Å². The molecule has 0 aliphatic carbocycles. The van der Waals surface area contributed by atoms with E-state index >= 15 is 0 Å². The second kappa shape index (κ2) is 7.25. The van der Waals surface area contributed by atoms with Gasteiger partial charge in [0.1, 0.15) is 0 Å². The SMILES string of the molecule is CCN(CC)c1ccc(C(=O)NCc2ccc3c(c2)OCO3)cc1. The summed E-state index contributed by atoms with van der Waals surface area (Å²) in [4.78, 5) is 14.5. The number of anilines is 1. The third-order valence-corrected chi connectivity index (χ3v) is 4.15. The quantitative estimate of drug-likeness (QED) is 0.886. The van der Waals surface area contributed by atoms with Gasteiger partial charge in [0.25, 0.3) is 5.91 Å². The Morgan fingerprint density at radius 1 is 1.04 bits per heavy atom. The average Bonchev–Trinajstić information content (AvgIpc) is 3.09. The Morgan fingerprint density at radius 3 is 2.46 bits per heavy atom. The summed E-state index contributed by atoms with van der Waals surface area (Å²) in [6.07, 6.45) is 0. The summed E-state index contributed by atoms with van der Waals surface area (Å²) in [5.41, 5.74) is 2.77. The van der Waals surface area contributed by atoms with Crippen LogP contribution in [-0.4, -0.2) is 25.8 Å². The van der Waals surface area contributed by atoms with Crippen LogP contribution in [0.2, 0.25) is 0 Å². The number of benzene rings is 2. The number of hydrogen-bond acceptors (Lipinski definition) is 4. The van der Waals surface area contributed by atoms with Crippen molar-refractivity contribution in [3.63, 3.8) is 0 Å². The molecule has 1 amide bonds. The first-order valence-corrected chi connectivity index (χ1v) is 8.23. The van der Waals surface area contributed by atoms with Crippen LogP contribution in [-0.2, 0) is 6.54 Å². The molecule has 24 heavy (non-hydrogen) atoms. The van der Waals surface area contributed by atoms with E-state index < -0.39 is 0 Å². The maximum atomic E-state index is 12.3. The molecular weight excluding hydrogens is 304 g/mol. The predicted octanol–water partition coefficient (Wildman–Crippen LogP) is 3.19. The Morgan fingerprint density at radius 2 is 1.75 bits per heavy atom. The average molecular weight is 326 g/mol. The highest BCUT2D eigenvalue weighted by atomic mass is 16.7. The zero-order valence-electron chi connectivity index (χ0n) is 14.0. The van der Waals surface area contributed by atoms with E-state index in [9.17, 15) is 4.79 Å². The van der Waals surface area contributed by atoms with E-state index in [-0.39, 0.29) is 12.7 Å². The van der Waals surface area contributed by atoms with Gasteiger partial charge in [-0.3, -0.25) is 4.79 Å². The molecule has 2 aromatic carbocycles. The van der Waals surface area contributed by atoms with Gasteiger partial charge >= 0.3 is 0 Å². The Bertz CT molecular complexity index is 709. The highest BCUT2D eigenvalue weighted by Crippen LogP contribution is 2.32. The van der Waals surface area contributed by atoms with Crippen LogP contribution in [0.5, 0.6) is 11.5 Å². The number of carbonyl (C=O) groups is 1. The molecule has 126 valence electrons. The molecule has 0 radical (unpaired) electrons. The normalized spacial score (nSPS) is 12.1. The summed E-state index contributed by atoms with van der Waals surface area (Å²) in [6, 6.07) is 13.4. The van der Waals surface area contributed by atoms with Gasteiger partial charge in [0.2, 0.25) is 6.79 Å². The van der Waals surface area contributed by atoms with Gasteiger partial charge in [0.15, 0.2) is 11.5 Å². The van der Waals surface area contributed by atoms with Crippen LogP contribution in [0, 0.1) is 0 Å². The van der Waals surface area contributed by atoms with Gasteiger partial charge in [-0.2, -0.15) is 0 Å². The zero-order chi connectivity index (χ0) is 16.9. The summed E-state index contributed by atoms with van der Waals surface area (Å²) >= 11 is 0. The summed E-state index contributed by atoms with van der Waals surface area (Å²) in [7, 11) is 0. The molecule has 3 rings (SSSR count). The van der Waals surface area contributed by atoms with Gasteiger partial charge in [-0.15, -0.1) is 0 Å². The van der Waals surface area contributed by atoms with Crippen LogP contribution in [0.1, 0.15) is 29.8 Å². The number of nitrogens with one attached hydrogen (secondary N) is 1. The highest BCUT2D eigenvalue weighted by molar-refractivity contribution is 5.94. The van der Waals surface area contributed by atoms with Crippen molar-refractivity contribution in [1.82, 2.24) is 5.32 Å². The van der Waals surface area contributed by atoms with Crippen molar-refractivity contribution < 1.29 is 14.3 Å². The number of carbonyl (C=O) groups excluding carboxylic acids is 1. The van der Waals surface area contributed by atoms with Crippen LogP contribution >= 0.6 is 0 Å². The first kappa shape index (κ1) is 16.2. The van der Waals surface area contributed by atoms with Crippen LogP contribution < -0.4 is 19.7 Å². The predicted molar refractivity (Wildman–Crippen MR) is 93.7 cm³/mol. The second-order valence-corrected chi connectivity index (χ2v) is 5.59. The lowest BCUT2D eigenvalue weighted by atomic mass is 10.1. The van der Waals surface area contributed by atoms with Crippen molar-refractivity contribution in [2.45, 2.75) is 20.4 Å². The Labute approximate surface area is 142 Å². The molecule has 5 heteroatoms. The van der Waals surface area contributed by atoms with E-state index in [0.29, 0.717) is 12.1 Å². The molecule has 2 aromatic rings. The minimum atomic E-state index is -0.0845. The minimum absolute atomic E-state index is 0.0845. The lowest BCUT2D eigenvalue weighted by Gasteiger charge is -2.21. The largest absolute Gasteiger partial charge is 0.454 e. The highest BCUT2D eigenvalue weighted by Gasteiger charge is 2.13. The fraction of sp³-hybridized carbons (Fsp3) is 0.316. The van der Waals surface area contributed by atoms with E-state index in [1.165, 1.54) is 0 Å². The molecule has 0 atom stereocenters. The first-order chi connectivity index (χ1) is 11.7. The van der Waals surface area contributed by atoms with E-state index in [1.807, 2.05) is 42.5 Å². The topological polar surface area (TPSA) is 50.8 Å². The molecule has 0 unspecified atom stereocenters. The smallest absolute Gasteiger partial charge is 0.251 e. The lowest BCUT2D eigenvalue weighted by molar-refractivity contribution is 0.0951. The maximum absolute atomic E-state index is 12.3. The van der Waals surface area contributed by atoms with Crippen LogP contribution in [0.4, 0.5) is 5.69 Å². The Balaban J connectivity index is 1.60. The van der Waals surface area contributed by atoms with Crippen LogP contribution in [0.15, 0.2) is 42.5 Å². The fourth-order valence-corrected chi connectivity index (χ4v) is 2.75. The molecule has 1 N–H and O–H groups in total. The molecule has 0 saturated heterocycles. The molecule has 0 spiro atoms. The molecule has 1 aliphatic heterocycles. The van der Waals surface area contributed by atoms with Gasteiger partial charge < -0.3 is 19.7 Å². The Hall–Kier alpha value is -2.69. The van der Waals surface area contributed by atoms with Gasteiger partial charge in [-0.1, -0.05) is 6.07 Å². The number of nitrogens with zero attached hydrogens (tertiary/aromatic N) is 1. The van der Waals surface area contributed by atoms with E-state index in [0.717, 1.165) is 35.8 Å². The number of hydrogen-bond donors (Lipinski definition) is 1.